The van der Waals surface area contributed by atoms with Crippen LogP contribution >= 0.6 is 0 Å². The maximum atomic E-state index is 12.3. The van der Waals surface area contributed by atoms with E-state index >= 15 is 0 Å². The summed E-state index contributed by atoms with van der Waals surface area (Å²) >= 11 is 0. The van der Waals surface area contributed by atoms with E-state index in [4.69, 9.17) is 9.47 Å². The minimum Gasteiger partial charge on any atom is -0.497 e. The number of amides is 2. The second-order valence-corrected chi connectivity index (χ2v) is 6.53. The van der Waals surface area contributed by atoms with Crippen molar-refractivity contribution in [2.75, 3.05) is 14.2 Å². The van der Waals surface area contributed by atoms with Crippen LogP contribution in [0.5, 0.6) is 11.5 Å². The van der Waals surface area contributed by atoms with Crippen molar-refractivity contribution in [3.63, 3.8) is 0 Å². The highest BCUT2D eigenvalue weighted by Gasteiger charge is 2.15. The number of urea groups is 1. The number of nitrogens with zero attached hydrogens (tertiary/aromatic N) is 3. The third-order valence-electron chi connectivity index (χ3n) is 4.59. The van der Waals surface area contributed by atoms with E-state index in [-0.39, 0.29) is 12.1 Å². The first-order valence-corrected chi connectivity index (χ1v) is 9.23. The van der Waals surface area contributed by atoms with Crippen LogP contribution < -0.4 is 20.1 Å². The van der Waals surface area contributed by atoms with E-state index in [1.54, 1.807) is 32.7 Å². The SMILES string of the molecule is COc1ccc(C(C)NC(=O)NCc2ccc(-n3ccnc3C)nc2)c(OC)c1. The molecule has 2 N–H and O–H groups in total. The second kappa shape index (κ2) is 9.09. The van der Waals surface area contributed by atoms with Gasteiger partial charge >= 0.3 is 6.03 Å². The maximum absolute atomic E-state index is 12.3. The number of aromatic nitrogens is 3. The average Bonchev–Trinajstić information content (AvgIpc) is 3.17. The number of pyridine rings is 1. The maximum Gasteiger partial charge on any atom is 0.315 e. The molecule has 0 bridgehead atoms. The van der Waals surface area contributed by atoms with Gasteiger partial charge in [-0.25, -0.2) is 14.8 Å². The molecule has 8 heteroatoms. The van der Waals surface area contributed by atoms with Gasteiger partial charge in [0.1, 0.15) is 23.1 Å². The highest BCUT2D eigenvalue weighted by molar-refractivity contribution is 5.74. The molecule has 152 valence electrons. The lowest BCUT2D eigenvalue weighted by Gasteiger charge is -2.18. The first kappa shape index (κ1) is 20.2. The molecule has 2 amide bonds. The highest BCUT2D eigenvalue weighted by Crippen LogP contribution is 2.29. The van der Waals surface area contributed by atoms with Crippen LogP contribution in [0.3, 0.4) is 0 Å². The summed E-state index contributed by atoms with van der Waals surface area (Å²) in [5, 5.41) is 5.77. The summed E-state index contributed by atoms with van der Waals surface area (Å²) in [6.07, 6.45) is 5.33. The van der Waals surface area contributed by atoms with Gasteiger partial charge in [0.05, 0.1) is 20.3 Å². The quantitative estimate of drug-likeness (QED) is 0.641. The van der Waals surface area contributed by atoms with Gasteiger partial charge in [0.15, 0.2) is 0 Å². The van der Waals surface area contributed by atoms with Gasteiger partial charge in [0.2, 0.25) is 0 Å². The molecule has 29 heavy (non-hydrogen) atoms. The Balaban J connectivity index is 1.56. The van der Waals surface area contributed by atoms with Gasteiger partial charge < -0.3 is 20.1 Å². The topological polar surface area (TPSA) is 90.3 Å². The number of benzene rings is 1. The summed E-state index contributed by atoms with van der Waals surface area (Å²) in [4.78, 5) is 20.9. The van der Waals surface area contributed by atoms with Crippen molar-refractivity contribution in [2.24, 2.45) is 0 Å². The normalized spacial score (nSPS) is 11.6. The Morgan fingerprint density at radius 1 is 1.17 bits per heavy atom. The first-order chi connectivity index (χ1) is 14.0. The van der Waals surface area contributed by atoms with Crippen LogP contribution in [0.4, 0.5) is 4.79 Å². The van der Waals surface area contributed by atoms with Crippen molar-refractivity contribution >= 4 is 6.03 Å². The van der Waals surface area contributed by atoms with E-state index in [0.717, 1.165) is 22.8 Å². The Morgan fingerprint density at radius 2 is 2.00 bits per heavy atom. The minimum atomic E-state index is -0.273. The molecule has 0 fully saturated rings. The zero-order valence-electron chi connectivity index (χ0n) is 17.0. The zero-order valence-corrected chi connectivity index (χ0v) is 17.0. The number of rotatable bonds is 7. The fraction of sp³-hybridized carbons (Fsp3) is 0.286. The van der Waals surface area contributed by atoms with Gasteiger partial charge in [-0.15, -0.1) is 0 Å². The summed E-state index contributed by atoms with van der Waals surface area (Å²) in [6.45, 7) is 4.18. The smallest absolute Gasteiger partial charge is 0.315 e. The predicted octanol–water partition coefficient (Wildman–Crippen LogP) is 3.15. The van der Waals surface area contributed by atoms with Crippen LogP contribution in [0.1, 0.15) is 29.9 Å². The van der Waals surface area contributed by atoms with Gasteiger partial charge in [-0.2, -0.15) is 0 Å². The molecule has 0 aliphatic rings. The molecule has 2 heterocycles. The summed E-state index contributed by atoms with van der Waals surface area (Å²) in [7, 11) is 3.19. The second-order valence-electron chi connectivity index (χ2n) is 6.53. The van der Waals surface area contributed by atoms with Crippen molar-refractivity contribution in [3.05, 3.63) is 65.9 Å². The molecule has 1 aromatic carbocycles. The van der Waals surface area contributed by atoms with E-state index in [0.29, 0.717) is 18.0 Å². The third kappa shape index (κ3) is 4.84. The molecule has 3 aromatic rings. The summed E-state index contributed by atoms with van der Waals surface area (Å²) in [5.41, 5.74) is 1.77. The van der Waals surface area contributed by atoms with Gasteiger partial charge in [-0.05, 0) is 37.6 Å². The Kier molecular flexibility index (Phi) is 6.33. The van der Waals surface area contributed by atoms with Gasteiger partial charge in [-0.3, -0.25) is 4.57 Å². The van der Waals surface area contributed by atoms with Crippen molar-refractivity contribution in [2.45, 2.75) is 26.4 Å². The molecule has 3 rings (SSSR count). The summed E-state index contributed by atoms with van der Waals surface area (Å²) in [5.74, 6) is 3.01. The van der Waals surface area contributed by atoms with E-state index in [1.807, 2.05) is 48.9 Å². The number of carbonyl (C=O) groups excluding carboxylic acids is 1. The first-order valence-electron chi connectivity index (χ1n) is 9.23. The number of methoxy groups -OCH3 is 2. The van der Waals surface area contributed by atoms with Crippen LogP contribution in [0.15, 0.2) is 48.9 Å². The number of hydrogen-bond acceptors (Lipinski definition) is 5. The zero-order chi connectivity index (χ0) is 20.8. The van der Waals surface area contributed by atoms with E-state index in [1.165, 1.54) is 0 Å². The highest BCUT2D eigenvalue weighted by atomic mass is 16.5. The van der Waals surface area contributed by atoms with Crippen LogP contribution in [0, 0.1) is 6.92 Å². The molecule has 2 aromatic heterocycles. The van der Waals surface area contributed by atoms with E-state index in [2.05, 4.69) is 20.6 Å². The van der Waals surface area contributed by atoms with Gasteiger partial charge in [-0.1, -0.05) is 6.07 Å². The minimum absolute atomic E-state index is 0.236. The molecule has 1 atom stereocenters. The van der Waals surface area contributed by atoms with E-state index < -0.39 is 0 Å². The fourth-order valence-electron chi connectivity index (χ4n) is 2.97. The Bertz CT molecular complexity index is 969. The monoisotopic (exact) mass is 395 g/mol. The number of hydrogen-bond donors (Lipinski definition) is 2. The molecular weight excluding hydrogens is 370 g/mol. The molecule has 0 saturated carbocycles. The average molecular weight is 395 g/mol. The number of imidazole rings is 1. The molecule has 0 aliphatic carbocycles. The molecule has 0 spiro atoms. The molecular formula is C21H25N5O3. The molecule has 1 unspecified atom stereocenters. The lowest BCUT2D eigenvalue weighted by molar-refractivity contribution is 0.237. The van der Waals surface area contributed by atoms with Gasteiger partial charge in [0.25, 0.3) is 0 Å². The molecule has 0 aliphatic heterocycles. The lowest BCUT2D eigenvalue weighted by atomic mass is 10.1. The molecule has 8 nitrogen and oxygen atoms in total. The van der Waals surface area contributed by atoms with Crippen molar-refractivity contribution in [1.82, 2.24) is 25.2 Å². The molecule has 0 saturated heterocycles. The summed E-state index contributed by atoms with van der Waals surface area (Å²) in [6, 6.07) is 8.82. The van der Waals surface area contributed by atoms with Crippen molar-refractivity contribution in [3.8, 4) is 17.3 Å². The molecule has 0 radical (unpaired) electrons. The summed E-state index contributed by atoms with van der Waals surface area (Å²) < 4.78 is 12.5. The lowest BCUT2D eigenvalue weighted by Crippen LogP contribution is -2.36. The standard InChI is InChI=1S/C21H25N5O3/c1-14(18-7-6-17(28-3)11-19(18)29-4)25-21(27)24-13-16-5-8-20(23-12-16)26-10-9-22-15(26)2/h5-12,14H,13H2,1-4H3,(H2,24,25,27). The van der Waals surface area contributed by atoms with Gasteiger partial charge in [0, 0.05) is 36.8 Å². The fourth-order valence-corrected chi connectivity index (χ4v) is 2.97. The van der Waals surface area contributed by atoms with Crippen LogP contribution in [0.25, 0.3) is 5.82 Å². The van der Waals surface area contributed by atoms with Crippen LogP contribution in [0.2, 0.25) is 0 Å². The Labute approximate surface area is 169 Å². The Morgan fingerprint density at radius 3 is 2.62 bits per heavy atom. The number of aryl methyl sites for hydroxylation is 1. The van der Waals surface area contributed by atoms with Crippen LogP contribution in [-0.2, 0) is 6.54 Å². The largest absolute Gasteiger partial charge is 0.497 e. The third-order valence-corrected chi connectivity index (χ3v) is 4.59. The van der Waals surface area contributed by atoms with Crippen molar-refractivity contribution < 1.29 is 14.3 Å². The number of carbonyl (C=O) groups is 1. The Hall–Kier alpha value is -3.55. The predicted molar refractivity (Wildman–Crippen MR) is 109 cm³/mol. The van der Waals surface area contributed by atoms with E-state index in [9.17, 15) is 4.79 Å². The van der Waals surface area contributed by atoms with Crippen molar-refractivity contribution in [1.29, 1.82) is 0 Å². The van der Waals surface area contributed by atoms with Crippen LogP contribution in [-0.4, -0.2) is 34.8 Å². The number of nitrogens with one attached hydrogen (secondary N) is 2. The number of ether oxygens (including phenoxy) is 2.